The molecule has 0 fully saturated rings. The monoisotopic (exact) mass is 564 g/mol. The van der Waals surface area contributed by atoms with Gasteiger partial charge in [0.15, 0.2) is 0 Å². The van der Waals surface area contributed by atoms with Gasteiger partial charge in [-0.2, -0.15) is 0 Å². The maximum absolute atomic E-state index is 9.00. The van der Waals surface area contributed by atoms with Gasteiger partial charge in [0.25, 0.3) is 29.8 Å². The first-order valence-electron chi connectivity index (χ1n) is 10.8. The third-order valence-corrected chi connectivity index (χ3v) is 2.63. The van der Waals surface area contributed by atoms with Crippen LogP contribution in [-0.4, -0.2) is 98.3 Å². The molecule has 1 rings (SSSR count). The first-order valence-corrected chi connectivity index (χ1v) is 11.2. The second kappa shape index (κ2) is 35.3. The van der Waals surface area contributed by atoms with Crippen molar-refractivity contribution in [2.75, 3.05) is 32.7 Å². The van der Waals surface area contributed by atoms with E-state index in [9.17, 15) is 0 Å². The molecule has 38 heavy (non-hydrogen) atoms. The lowest BCUT2D eigenvalue weighted by Crippen LogP contribution is -2.32. The van der Waals surface area contributed by atoms with Crippen LogP contribution >= 0.6 is 12.2 Å². The lowest BCUT2D eigenvalue weighted by Gasteiger charge is -2.17. The standard InChI is InChI=1S/C13H20N4S.5C2H4O2/c14-7-8-15-9-11-17(16-12-18)10-6-13-4-2-1-3-5-13;5*1-2(3)4/h1-5,15H,6-11,14H2;5*1H3,(H,3,4). The van der Waals surface area contributed by atoms with E-state index in [1.54, 1.807) is 0 Å². The predicted molar refractivity (Wildman–Crippen MR) is 145 cm³/mol. The number of isothiocyanates is 1. The molecule has 15 heteroatoms. The number of rotatable bonds is 9. The van der Waals surface area contributed by atoms with E-state index in [4.69, 9.17) is 55.2 Å². The van der Waals surface area contributed by atoms with Crippen LogP contribution in [-0.2, 0) is 30.4 Å². The number of nitrogens with one attached hydrogen (secondary N) is 1. The summed E-state index contributed by atoms with van der Waals surface area (Å²) >= 11 is 4.66. The fraction of sp³-hybridized carbons (Fsp3) is 0.478. The van der Waals surface area contributed by atoms with Gasteiger partial charge in [0.1, 0.15) is 0 Å². The second-order valence-electron chi connectivity index (χ2n) is 6.51. The smallest absolute Gasteiger partial charge is 0.300 e. The van der Waals surface area contributed by atoms with Crippen LogP contribution < -0.4 is 11.1 Å². The maximum atomic E-state index is 9.00. The number of aliphatic carboxylic acids is 5. The quantitative estimate of drug-likeness (QED) is 0.0974. The summed E-state index contributed by atoms with van der Waals surface area (Å²) in [4.78, 5) is 45.0. The van der Waals surface area contributed by atoms with Gasteiger partial charge in [-0.3, -0.25) is 29.0 Å². The van der Waals surface area contributed by atoms with Crippen LogP contribution in [0.25, 0.3) is 0 Å². The van der Waals surface area contributed by atoms with Gasteiger partial charge in [-0.15, -0.1) is 5.10 Å². The van der Waals surface area contributed by atoms with Crippen LogP contribution in [0, 0.1) is 0 Å². The Morgan fingerprint density at radius 3 is 1.47 bits per heavy atom. The van der Waals surface area contributed by atoms with E-state index in [0.29, 0.717) is 6.54 Å². The first kappa shape index (κ1) is 44.1. The fourth-order valence-corrected chi connectivity index (χ4v) is 1.72. The number of hydrogen-bond acceptors (Lipinski definition) is 10. The van der Waals surface area contributed by atoms with Gasteiger partial charge in [0.05, 0.1) is 5.16 Å². The van der Waals surface area contributed by atoms with E-state index < -0.39 is 29.8 Å². The molecule has 0 aliphatic carbocycles. The van der Waals surface area contributed by atoms with Crippen LogP contribution in [0.1, 0.15) is 40.2 Å². The first-order chi connectivity index (χ1) is 17.5. The summed E-state index contributed by atoms with van der Waals surface area (Å²) in [6.45, 7) is 9.41. The Kier molecular flexibility index (Phi) is 40.9. The minimum absolute atomic E-state index is 0.653. The minimum Gasteiger partial charge on any atom is -0.481 e. The largest absolute Gasteiger partial charge is 0.481 e. The predicted octanol–water partition coefficient (Wildman–Crippen LogP) is 1.55. The molecule has 0 saturated heterocycles. The highest BCUT2D eigenvalue weighted by Crippen LogP contribution is 2.01. The van der Waals surface area contributed by atoms with E-state index in [1.165, 1.54) is 5.56 Å². The van der Waals surface area contributed by atoms with Crippen molar-refractivity contribution in [1.29, 1.82) is 0 Å². The van der Waals surface area contributed by atoms with Gasteiger partial charge >= 0.3 is 0 Å². The summed E-state index contributed by atoms with van der Waals surface area (Å²) < 4.78 is 0. The zero-order valence-corrected chi connectivity index (χ0v) is 23.1. The number of hydrazone groups is 1. The number of nitrogens with zero attached hydrogens (tertiary/aromatic N) is 2. The van der Waals surface area contributed by atoms with Crippen molar-refractivity contribution < 1.29 is 49.5 Å². The molecule has 8 N–H and O–H groups in total. The average molecular weight is 565 g/mol. The Morgan fingerprint density at radius 1 is 0.789 bits per heavy atom. The topological polar surface area (TPSA) is 240 Å². The Labute approximate surface area is 227 Å². The molecule has 0 bridgehead atoms. The van der Waals surface area contributed by atoms with Crippen molar-refractivity contribution in [2.45, 2.75) is 41.0 Å². The summed E-state index contributed by atoms with van der Waals surface area (Å²) in [5.41, 5.74) is 6.71. The summed E-state index contributed by atoms with van der Waals surface area (Å²) in [6.07, 6.45) is 0.957. The Balaban J connectivity index is -0.000000148. The lowest BCUT2D eigenvalue weighted by molar-refractivity contribution is -0.135. The molecule has 0 unspecified atom stereocenters. The number of thiocarbonyl (C=S) groups is 1. The normalized spacial score (nSPS) is 7.95. The third-order valence-electron chi connectivity index (χ3n) is 2.55. The fourth-order valence-electron chi connectivity index (χ4n) is 1.61. The Morgan fingerprint density at radius 2 is 1.16 bits per heavy atom. The van der Waals surface area contributed by atoms with E-state index in [0.717, 1.165) is 67.2 Å². The number of carbonyl (C=O) groups is 5. The third kappa shape index (κ3) is 94.8. The van der Waals surface area contributed by atoms with Gasteiger partial charge in [0, 0.05) is 67.3 Å². The van der Waals surface area contributed by atoms with E-state index in [-0.39, 0.29) is 0 Å². The van der Waals surface area contributed by atoms with E-state index in [2.05, 4.69) is 39.9 Å². The molecule has 218 valence electrons. The van der Waals surface area contributed by atoms with Crippen molar-refractivity contribution in [1.82, 2.24) is 10.3 Å². The van der Waals surface area contributed by atoms with Crippen molar-refractivity contribution in [3.63, 3.8) is 0 Å². The zero-order valence-electron chi connectivity index (χ0n) is 22.3. The van der Waals surface area contributed by atoms with E-state index >= 15 is 0 Å². The van der Waals surface area contributed by atoms with Crippen LogP contribution in [0.2, 0.25) is 0 Å². The molecule has 0 atom stereocenters. The highest BCUT2D eigenvalue weighted by Gasteiger charge is 2.01. The van der Waals surface area contributed by atoms with E-state index in [1.807, 2.05) is 23.2 Å². The summed E-state index contributed by atoms with van der Waals surface area (Å²) in [7, 11) is 0. The van der Waals surface area contributed by atoms with Crippen molar-refractivity contribution in [3.8, 4) is 0 Å². The number of hydrogen-bond donors (Lipinski definition) is 7. The van der Waals surface area contributed by atoms with Gasteiger partial charge < -0.3 is 36.6 Å². The number of benzene rings is 1. The highest BCUT2D eigenvalue weighted by atomic mass is 32.1. The van der Waals surface area contributed by atoms with Gasteiger partial charge in [-0.25, -0.2) is 0 Å². The summed E-state index contributed by atoms with van der Waals surface area (Å²) in [6, 6.07) is 10.3. The molecule has 0 spiro atoms. The van der Waals surface area contributed by atoms with Crippen LogP contribution in [0.15, 0.2) is 35.4 Å². The van der Waals surface area contributed by atoms with Gasteiger partial charge in [-0.05, 0) is 24.2 Å². The molecule has 1 aromatic rings. The second-order valence-corrected chi connectivity index (χ2v) is 6.70. The molecule has 1 aromatic carbocycles. The molecule has 0 aromatic heterocycles. The highest BCUT2D eigenvalue weighted by molar-refractivity contribution is 7.78. The van der Waals surface area contributed by atoms with Crippen LogP contribution in [0.5, 0.6) is 0 Å². The number of carboxylic acid groups (broad SMARTS) is 5. The lowest BCUT2D eigenvalue weighted by atomic mass is 10.1. The number of carboxylic acids is 5. The molecular formula is C23H40N4O10S. The molecule has 0 heterocycles. The van der Waals surface area contributed by atoms with Gasteiger partial charge in [0.2, 0.25) is 0 Å². The molecule has 0 radical (unpaired) electrons. The SMILES string of the molecule is CC(=O)O.CC(=O)O.CC(=O)O.CC(=O)O.CC(=O)O.NCCNCCN(CCc1ccccc1)N=C=S. The number of nitrogens with two attached hydrogens (primary N) is 1. The van der Waals surface area contributed by atoms with Crippen molar-refractivity contribution in [3.05, 3.63) is 35.9 Å². The molecule has 0 aliphatic heterocycles. The zero-order chi connectivity index (χ0) is 30.9. The van der Waals surface area contributed by atoms with Crippen LogP contribution in [0.3, 0.4) is 0 Å². The average Bonchev–Trinajstić information content (AvgIpc) is 2.74. The van der Waals surface area contributed by atoms with Crippen molar-refractivity contribution in [2.24, 2.45) is 10.8 Å². The maximum Gasteiger partial charge on any atom is 0.300 e. The van der Waals surface area contributed by atoms with Crippen molar-refractivity contribution >= 4 is 47.2 Å². The minimum atomic E-state index is -0.833. The van der Waals surface area contributed by atoms with Gasteiger partial charge in [-0.1, -0.05) is 30.3 Å². The molecule has 0 amide bonds. The molecule has 0 saturated carbocycles. The Hall–Kier alpha value is -3.91. The summed E-state index contributed by atoms with van der Waals surface area (Å²) in [5.74, 6) is -4.17. The Bertz CT molecular complexity index is 715. The van der Waals surface area contributed by atoms with Crippen LogP contribution in [0.4, 0.5) is 0 Å². The molecule has 0 aliphatic rings. The summed E-state index contributed by atoms with van der Waals surface area (Å²) in [5, 5.41) is 48.7. The molecule has 14 nitrogen and oxygen atoms in total. The molecular weight excluding hydrogens is 524 g/mol.